The summed E-state index contributed by atoms with van der Waals surface area (Å²) >= 11 is 1.49. The van der Waals surface area contributed by atoms with Crippen molar-refractivity contribution in [2.45, 2.75) is 23.5 Å². The maximum atomic E-state index is 5.51. The number of pyridine rings is 1. The zero-order chi connectivity index (χ0) is 10.7. The normalized spacial score (nSPS) is 10.5. The van der Waals surface area contributed by atoms with E-state index in [1.165, 1.54) is 11.8 Å². The van der Waals surface area contributed by atoms with E-state index >= 15 is 0 Å². The summed E-state index contributed by atoms with van der Waals surface area (Å²) in [6.07, 6.45) is 1.74. The van der Waals surface area contributed by atoms with Gasteiger partial charge in [-0.3, -0.25) is 10.1 Å². The van der Waals surface area contributed by atoms with Gasteiger partial charge in [0.1, 0.15) is 5.82 Å². The van der Waals surface area contributed by atoms with Crippen LogP contribution >= 0.6 is 11.8 Å². The fourth-order valence-electron chi connectivity index (χ4n) is 1.10. The Balaban J connectivity index is 2.16. The third-order valence-electron chi connectivity index (χ3n) is 1.78. The first-order chi connectivity index (χ1) is 7.28. The highest BCUT2D eigenvalue weighted by atomic mass is 32.2. The zero-order valence-corrected chi connectivity index (χ0v) is 9.08. The Labute approximate surface area is 91.5 Å². The van der Waals surface area contributed by atoms with Gasteiger partial charge >= 0.3 is 0 Å². The molecule has 2 heterocycles. The maximum Gasteiger partial charge on any atom is 0.213 e. The van der Waals surface area contributed by atoms with Crippen LogP contribution in [0.25, 0.3) is 0 Å². The molecule has 2 aromatic rings. The fourth-order valence-corrected chi connectivity index (χ4v) is 1.91. The van der Waals surface area contributed by atoms with Crippen molar-refractivity contribution in [3.05, 3.63) is 29.8 Å². The number of aryl methyl sites for hydroxylation is 1. The van der Waals surface area contributed by atoms with Crippen LogP contribution in [0.3, 0.4) is 0 Å². The van der Waals surface area contributed by atoms with Gasteiger partial charge in [0, 0.05) is 17.6 Å². The standard InChI is InChI=1S/C9H11N5S/c1-6-12-9(14-13-6)15-8-2-3-11-7(4-8)5-10/h2-4H,5,10H2,1H3,(H,12,13,14). The van der Waals surface area contributed by atoms with Crippen molar-refractivity contribution in [1.29, 1.82) is 0 Å². The number of rotatable bonds is 3. The summed E-state index contributed by atoms with van der Waals surface area (Å²) < 4.78 is 0. The topological polar surface area (TPSA) is 80.5 Å². The summed E-state index contributed by atoms with van der Waals surface area (Å²) in [4.78, 5) is 9.37. The van der Waals surface area contributed by atoms with Gasteiger partial charge in [0.25, 0.3) is 0 Å². The number of aromatic amines is 1. The summed E-state index contributed by atoms with van der Waals surface area (Å²) in [5, 5.41) is 7.55. The quantitative estimate of drug-likeness (QED) is 0.811. The molecule has 0 saturated carbocycles. The summed E-state index contributed by atoms with van der Waals surface area (Å²) in [5.41, 5.74) is 6.37. The van der Waals surface area contributed by atoms with Crippen LogP contribution in [0.1, 0.15) is 11.5 Å². The first-order valence-corrected chi connectivity index (χ1v) is 5.31. The first kappa shape index (κ1) is 10.1. The largest absolute Gasteiger partial charge is 0.325 e. The SMILES string of the molecule is Cc1nc(Sc2ccnc(CN)c2)n[nH]1. The lowest BCUT2D eigenvalue weighted by atomic mass is 10.3. The number of nitrogens with zero attached hydrogens (tertiary/aromatic N) is 3. The van der Waals surface area contributed by atoms with Gasteiger partial charge in [-0.05, 0) is 30.8 Å². The smallest absolute Gasteiger partial charge is 0.213 e. The van der Waals surface area contributed by atoms with Gasteiger partial charge in [-0.1, -0.05) is 0 Å². The molecule has 3 N–H and O–H groups in total. The van der Waals surface area contributed by atoms with E-state index in [0.717, 1.165) is 16.4 Å². The number of H-pyrrole nitrogens is 1. The molecule has 0 unspecified atom stereocenters. The maximum absolute atomic E-state index is 5.51. The minimum absolute atomic E-state index is 0.446. The Hall–Kier alpha value is -1.40. The molecule has 0 radical (unpaired) electrons. The summed E-state index contributed by atoms with van der Waals surface area (Å²) in [5.74, 6) is 0.811. The minimum Gasteiger partial charge on any atom is -0.325 e. The average Bonchev–Trinajstić information content (AvgIpc) is 2.64. The molecular formula is C9H11N5S. The molecule has 0 aliphatic heterocycles. The van der Waals surface area contributed by atoms with Crippen molar-refractivity contribution in [3.63, 3.8) is 0 Å². The molecule has 2 aromatic heterocycles. The van der Waals surface area contributed by atoms with Crippen LogP contribution < -0.4 is 5.73 Å². The van der Waals surface area contributed by atoms with Crippen molar-refractivity contribution < 1.29 is 0 Å². The molecule has 0 atom stereocenters. The van der Waals surface area contributed by atoms with E-state index in [4.69, 9.17) is 5.73 Å². The molecule has 5 nitrogen and oxygen atoms in total. The van der Waals surface area contributed by atoms with Gasteiger partial charge in [-0.2, -0.15) is 0 Å². The highest BCUT2D eigenvalue weighted by Gasteiger charge is 2.03. The lowest BCUT2D eigenvalue weighted by molar-refractivity contribution is 0.961. The number of nitrogens with one attached hydrogen (secondary N) is 1. The molecule has 0 spiro atoms. The molecule has 0 aliphatic carbocycles. The Kier molecular flexibility index (Phi) is 2.98. The Bertz CT molecular complexity index is 453. The van der Waals surface area contributed by atoms with Crippen molar-refractivity contribution >= 4 is 11.8 Å². The van der Waals surface area contributed by atoms with Crippen LogP contribution in [0.5, 0.6) is 0 Å². The van der Waals surface area contributed by atoms with E-state index in [2.05, 4.69) is 20.2 Å². The predicted octanol–water partition coefficient (Wildman–Crippen LogP) is 1.12. The molecule has 78 valence electrons. The molecule has 2 rings (SSSR count). The predicted molar refractivity (Wildman–Crippen MR) is 57.4 cm³/mol. The molecular weight excluding hydrogens is 210 g/mol. The minimum atomic E-state index is 0.446. The van der Waals surface area contributed by atoms with Crippen LogP contribution in [0.15, 0.2) is 28.4 Å². The van der Waals surface area contributed by atoms with Gasteiger partial charge in [-0.25, -0.2) is 4.98 Å². The van der Waals surface area contributed by atoms with E-state index in [9.17, 15) is 0 Å². The van der Waals surface area contributed by atoms with E-state index in [1.54, 1.807) is 6.20 Å². The van der Waals surface area contributed by atoms with Gasteiger partial charge in [-0.15, -0.1) is 5.10 Å². The third-order valence-corrected chi connectivity index (χ3v) is 2.64. The van der Waals surface area contributed by atoms with Crippen molar-refractivity contribution in [2.24, 2.45) is 5.73 Å². The third kappa shape index (κ3) is 2.54. The second-order valence-corrected chi connectivity index (χ2v) is 4.03. The molecule has 0 aliphatic rings. The Morgan fingerprint density at radius 3 is 3.07 bits per heavy atom. The van der Waals surface area contributed by atoms with Crippen LogP contribution in [-0.4, -0.2) is 20.2 Å². The van der Waals surface area contributed by atoms with Crippen LogP contribution in [0.4, 0.5) is 0 Å². The number of hydrogen-bond donors (Lipinski definition) is 2. The molecule has 15 heavy (non-hydrogen) atoms. The van der Waals surface area contributed by atoms with Crippen molar-refractivity contribution in [1.82, 2.24) is 20.2 Å². The van der Waals surface area contributed by atoms with Gasteiger partial charge < -0.3 is 5.73 Å². The van der Waals surface area contributed by atoms with Crippen LogP contribution in [-0.2, 0) is 6.54 Å². The average molecular weight is 221 g/mol. The molecule has 0 bridgehead atoms. The highest BCUT2D eigenvalue weighted by Crippen LogP contribution is 2.24. The Morgan fingerprint density at radius 1 is 1.53 bits per heavy atom. The Morgan fingerprint density at radius 2 is 2.40 bits per heavy atom. The van der Waals surface area contributed by atoms with Crippen molar-refractivity contribution in [3.8, 4) is 0 Å². The molecule has 0 aromatic carbocycles. The van der Waals surface area contributed by atoms with Gasteiger partial charge in [0.05, 0.1) is 5.69 Å². The molecule has 6 heteroatoms. The van der Waals surface area contributed by atoms with Gasteiger partial charge in [0.2, 0.25) is 5.16 Å². The van der Waals surface area contributed by atoms with Crippen molar-refractivity contribution in [2.75, 3.05) is 0 Å². The molecule has 0 fully saturated rings. The summed E-state index contributed by atoms with van der Waals surface area (Å²) in [7, 11) is 0. The monoisotopic (exact) mass is 221 g/mol. The van der Waals surface area contributed by atoms with Gasteiger partial charge in [0.15, 0.2) is 0 Å². The van der Waals surface area contributed by atoms with E-state index < -0.39 is 0 Å². The van der Waals surface area contributed by atoms with Crippen LogP contribution in [0, 0.1) is 6.92 Å². The lowest BCUT2D eigenvalue weighted by Crippen LogP contribution is -1.98. The van der Waals surface area contributed by atoms with E-state index in [1.807, 2.05) is 19.1 Å². The second-order valence-electron chi connectivity index (χ2n) is 2.99. The fraction of sp³-hybridized carbons (Fsp3) is 0.222. The lowest BCUT2D eigenvalue weighted by Gasteiger charge is -1.99. The summed E-state index contributed by atoms with van der Waals surface area (Å²) in [6, 6.07) is 3.85. The van der Waals surface area contributed by atoms with Crippen LogP contribution in [0.2, 0.25) is 0 Å². The number of aromatic nitrogens is 4. The summed E-state index contributed by atoms with van der Waals surface area (Å²) in [6.45, 7) is 2.32. The number of nitrogens with two attached hydrogens (primary N) is 1. The first-order valence-electron chi connectivity index (χ1n) is 4.50. The van der Waals surface area contributed by atoms with E-state index in [0.29, 0.717) is 11.7 Å². The molecule has 0 saturated heterocycles. The second kappa shape index (κ2) is 4.41. The molecule has 0 amide bonds. The zero-order valence-electron chi connectivity index (χ0n) is 8.27. The highest BCUT2D eigenvalue weighted by molar-refractivity contribution is 7.99. The number of hydrogen-bond acceptors (Lipinski definition) is 5. The van der Waals surface area contributed by atoms with E-state index in [-0.39, 0.29) is 0 Å².